The molecule has 3 nitrogen and oxygen atoms in total. The highest BCUT2D eigenvalue weighted by atomic mass is 14.8. The van der Waals surface area contributed by atoms with E-state index in [0.29, 0.717) is 0 Å². The fourth-order valence-corrected chi connectivity index (χ4v) is 2.24. The molecule has 0 spiro atoms. The van der Waals surface area contributed by atoms with Crippen molar-refractivity contribution in [2.24, 2.45) is 0 Å². The van der Waals surface area contributed by atoms with E-state index in [9.17, 15) is 0 Å². The van der Waals surface area contributed by atoms with Crippen LogP contribution in [0.5, 0.6) is 0 Å². The van der Waals surface area contributed by atoms with Gasteiger partial charge in [0, 0.05) is 11.6 Å². The van der Waals surface area contributed by atoms with E-state index < -0.39 is 0 Å². The van der Waals surface area contributed by atoms with Gasteiger partial charge in [0.25, 0.3) is 0 Å². The third-order valence-corrected chi connectivity index (χ3v) is 3.09. The van der Waals surface area contributed by atoms with E-state index in [1.165, 1.54) is 0 Å². The molecule has 2 aromatic carbocycles. The average molecular weight is 231 g/mol. The summed E-state index contributed by atoms with van der Waals surface area (Å²) < 4.78 is 0. The molecule has 0 fully saturated rings. The monoisotopic (exact) mass is 231 g/mol. The Kier molecular flexibility index (Phi) is 1.83. The minimum absolute atomic E-state index is 0.911. The molecule has 0 aliphatic rings. The predicted octanol–water partition coefficient (Wildman–Crippen LogP) is 3.33. The Labute approximate surface area is 103 Å². The fraction of sp³-hybridized carbons (Fsp3) is 0. The molecule has 2 aromatic heterocycles. The molecule has 18 heavy (non-hydrogen) atoms. The first kappa shape index (κ1) is 9.48. The third-order valence-electron chi connectivity index (χ3n) is 3.09. The SMILES string of the molecule is c1ccc2nc3c(ccc4ncccc43)nc2c1. The van der Waals surface area contributed by atoms with Crippen molar-refractivity contribution in [2.45, 2.75) is 0 Å². The van der Waals surface area contributed by atoms with E-state index in [4.69, 9.17) is 4.98 Å². The molecule has 0 aliphatic carbocycles. The Balaban J connectivity index is 2.27. The average Bonchev–Trinajstić information content (AvgIpc) is 2.45. The normalized spacial score (nSPS) is 11.3. The Bertz CT molecular complexity index is 878. The van der Waals surface area contributed by atoms with Crippen molar-refractivity contribution in [1.82, 2.24) is 15.0 Å². The third kappa shape index (κ3) is 1.27. The maximum atomic E-state index is 4.70. The molecule has 0 saturated heterocycles. The number of fused-ring (bicyclic) bond motifs is 4. The molecule has 0 N–H and O–H groups in total. The zero-order valence-electron chi connectivity index (χ0n) is 9.54. The Morgan fingerprint density at radius 1 is 0.611 bits per heavy atom. The lowest BCUT2D eigenvalue weighted by Gasteiger charge is -2.03. The van der Waals surface area contributed by atoms with E-state index in [1.54, 1.807) is 6.20 Å². The van der Waals surface area contributed by atoms with E-state index in [2.05, 4.69) is 9.97 Å². The molecule has 0 amide bonds. The molecule has 84 valence electrons. The molecule has 4 aromatic rings. The number of hydrogen-bond donors (Lipinski definition) is 0. The summed E-state index contributed by atoms with van der Waals surface area (Å²) >= 11 is 0. The fourth-order valence-electron chi connectivity index (χ4n) is 2.24. The summed E-state index contributed by atoms with van der Waals surface area (Å²) in [6, 6.07) is 15.8. The van der Waals surface area contributed by atoms with Crippen LogP contribution >= 0.6 is 0 Å². The number of rotatable bonds is 0. The largest absolute Gasteiger partial charge is 0.256 e. The molecule has 0 aliphatic heterocycles. The van der Waals surface area contributed by atoms with Crippen LogP contribution in [0.1, 0.15) is 0 Å². The van der Waals surface area contributed by atoms with Crippen LogP contribution in [0.25, 0.3) is 33.0 Å². The van der Waals surface area contributed by atoms with E-state index in [0.717, 1.165) is 33.0 Å². The number of benzene rings is 2. The summed E-state index contributed by atoms with van der Waals surface area (Å²) in [5.74, 6) is 0. The van der Waals surface area contributed by atoms with Gasteiger partial charge in [0.15, 0.2) is 0 Å². The molecule has 0 atom stereocenters. The topological polar surface area (TPSA) is 38.7 Å². The molecule has 0 unspecified atom stereocenters. The van der Waals surface area contributed by atoms with Gasteiger partial charge < -0.3 is 0 Å². The maximum absolute atomic E-state index is 4.70. The summed E-state index contributed by atoms with van der Waals surface area (Å²) in [6.07, 6.45) is 1.79. The quantitative estimate of drug-likeness (QED) is 0.344. The van der Waals surface area contributed by atoms with Crippen molar-refractivity contribution in [3.63, 3.8) is 0 Å². The van der Waals surface area contributed by atoms with Crippen molar-refractivity contribution >= 4 is 33.0 Å². The molecule has 4 rings (SSSR count). The van der Waals surface area contributed by atoms with Gasteiger partial charge in [-0.2, -0.15) is 0 Å². The number of para-hydroxylation sites is 2. The van der Waals surface area contributed by atoms with Gasteiger partial charge in [0.1, 0.15) is 0 Å². The highest BCUT2D eigenvalue weighted by molar-refractivity contribution is 6.04. The van der Waals surface area contributed by atoms with Gasteiger partial charge in [0.2, 0.25) is 0 Å². The van der Waals surface area contributed by atoms with Crippen LogP contribution in [0.2, 0.25) is 0 Å². The molecule has 3 heteroatoms. The van der Waals surface area contributed by atoms with E-state index >= 15 is 0 Å². The van der Waals surface area contributed by atoms with Crippen molar-refractivity contribution < 1.29 is 0 Å². The second kappa shape index (κ2) is 3.47. The highest BCUT2D eigenvalue weighted by Crippen LogP contribution is 2.23. The van der Waals surface area contributed by atoms with Gasteiger partial charge in [-0.05, 0) is 36.4 Å². The van der Waals surface area contributed by atoms with Crippen LogP contribution < -0.4 is 0 Å². The van der Waals surface area contributed by atoms with Crippen LogP contribution in [0.15, 0.2) is 54.7 Å². The van der Waals surface area contributed by atoms with Gasteiger partial charge in [-0.15, -0.1) is 0 Å². The molecule has 0 saturated carbocycles. The number of hydrogen-bond acceptors (Lipinski definition) is 3. The summed E-state index contributed by atoms with van der Waals surface area (Å²) in [5, 5.41) is 1.05. The second-order valence-corrected chi connectivity index (χ2v) is 4.22. The summed E-state index contributed by atoms with van der Waals surface area (Å²) in [4.78, 5) is 13.7. The molecule has 0 radical (unpaired) electrons. The minimum Gasteiger partial charge on any atom is -0.256 e. The molecule has 0 bridgehead atoms. The van der Waals surface area contributed by atoms with Gasteiger partial charge in [0.05, 0.1) is 27.6 Å². The van der Waals surface area contributed by atoms with Crippen LogP contribution in [0, 0.1) is 0 Å². The van der Waals surface area contributed by atoms with Gasteiger partial charge in [-0.1, -0.05) is 12.1 Å². The Morgan fingerprint density at radius 2 is 1.39 bits per heavy atom. The maximum Gasteiger partial charge on any atom is 0.0988 e. The van der Waals surface area contributed by atoms with E-state index in [-0.39, 0.29) is 0 Å². The first-order valence-electron chi connectivity index (χ1n) is 5.82. The van der Waals surface area contributed by atoms with Crippen LogP contribution in [0.4, 0.5) is 0 Å². The minimum atomic E-state index is 0.911. The van der Waals surface area contributed by atoms with Crippen molar-refractivity contribution in [3.8, 4) is 0 Å². The summed E-state index contributed by atoms with van der Waals surface area (Å²) in [5.41, 5.74) is 4.62. The number of pyridine rings is 1. The van der Waals surface area contributed by atoms with Gasteiger partial charge in [-0.3, -0.25) is 4.98 Å². The first-order valence-corrected chi connectivity index (χ1v) is 5.82. The van der Waals surface area contributed by atoms with Crippen LogP contribution in [0.3, 0.4) is 0 Å². The Hall–Kier alpha value is -2.55. The first-order chi connectivity index (χ1) is 8.92. The lowest BCUT2D eigenvalue weighted by molar-refractivity contribution is 1.38. The van der Waals surface area contributed by atoms with Crippen LogP contribution in [-0.2, 0) is 0 Å². The summed E-state index contributed by atoms with van der Waals surface area (Å²) in [6.45, 7) is 0. The predicted molar refractivity (Wildman–Crippen MR) is 72.3 cm³/mol. The molecular weight excluding hydrogens is 222 g/mol. The summed E-state index contributed by atoms with van der Waals surface area (Å²) in [7, 11) is 0. The second-order valence-electron chi connectivity index (χ2n) is 4.22. The molecule has 2 heterocycles. The lowest BCUT2D eigenvalue weighted by Crippen LogP contribution is -1.89. The van der Waals surface area contributed by atoms with E-state index in [1.807, 2.05) is 48.5 Å². The zero-order valence-corrected chi connectivity index (χ0v) is 9.54. The standard InChI is InChI=1S/C15H9N3/c1-2-6-13-12(5-1)17-14-8-7-11-10(15(14)18-13)4-3-9-16-11/h1-9H. The van der Waals surface area contributed by atoms with Crippen LogP contribution in [-0.4, -0.2) is 15.0 Å². The highest BCUT2D eigenvalue weighted by Gasteiger charge is 2.05. The van der Waals surface area contributed by atoms with Crippen molar-refractivity contribution in [3.05, 3.63) is 54.7 Å². The van der Waals surface area contributed by atoms with Crippen molar-refractivity contribution in [2.75, 3.05) is 0 Å². The lowest BCUT2D eigenvalue weighted by atomic mass is 10.1. The van der Waals surface area contributed by atoms with Gasteiger partial charge in [-0.25, -0.2) is 9.97 Å². The Morgan fingerprint density at radius 3 is 2.28 bits per heavy atom. The van der Waals surface area contributed by atoms with Crippen molar-refractivity contribution in [1.29, 1.82) is 0 Å². The van der Waals surface area contributed by atoms with Gasteiger partial charge >= 0.3 is 0 Å². The molecular formula is C15H9N3. The smallest absolute Gasteiger partial charge is 0.0988 e. The zero-order chi connectivity index (χ0) is 11.9. The number of nitrogens with zero attached hydrogens (tertiary/aromatic N) is 3. The number of aromatic nitrogens is 3.